The Labute approximate surface area is 278 Å². The summed E-state index contributed by atoms with van der Waals surface area (Å²) < 4.78 is 13.4. The van der Waals surface area contributed by atoms with Gasteiger partial charge in [0, 0.05) is 59.5 Å². The first-order chi connectivity index (χ1) is 23.0. The van der Waals surface area contributed by atoms with Gasteiger partial charge in [-0.15, -0.1) is 0 Å². The molecule has 0 amide bonds. The monoisotopic (exact) mass is 622 g/mol. The van der Waals surface area contributed by atoms with Crippen LogP contribution in [0.4, 0.5) is 17.1 Å². The highest BCUT2D eigenvalue weighted by atomic mass is 16.6. The molecule has 0 bridgehead atoms. The van der Waals surface area contributed by atoms with E-state index in [0.717, 1.165) is 83.8 Å². The minimum absolute atomic E-state index is 0.317. The maximum atomic E-state index is 13.6. The summed E-state index contributed by atoms with van der Waals surface area (Å²) in [7, 11) is 0. The zero-order valence-electron chi connectivity index (χ0n) is 27.5. The molecule has 2 heterocycles. The summed E-state index contributed by atoms with van der Waals surface area (Å²) in [6.45, 7) is 9.26. The van der Waals surface area contributed by atoms with Gasteiger partial charge in [-0.2, -0.15) is 0 Å². The standard InChI is InChI=1S/C42H42N2O3/c1-4-6-24-43(25-7-5-2)33-22-23-36-40(27-33)46-39-26-30(3)38(28-37(39)42(36)35-21-15-14-20-34(35)41(45)47-42)44(32-18-12-9-13-19-32)29-31-16-10-8-11-17-31/h8-23,26-28H,4-7,24-25,29H2,1-3H3. The Morgan fingerprint density at radius 2 is 1.32 bits per heavy atom. The molecular weight excluding hydrogens is 580 g/mol. The van der Waals surface area contributed by atoms with Gasteiger partial charge in [-0.3, -0.25) is 0 Å². The molecule has 0 saturated carbocycles. The molecule has 238 valence electrons. The van der Waals surface area contributed by atoms with Gasteiger partial charge in [-0.05, 0) is 73.4 Å². The third kappa shape index (κ3) is 5.54. The molecule has 1 spiro atoms. The van der Waals surface area contributed by atoms with E-state index in [1.807, 2.05) is 36.4 Å². The minimum atomic E-state index is -1.13. The molecule has 47 heavy (non-hydrogen) atoms. The lowest BCUT2D eigenvalue weighted by Crippen LogP contribution is -2.34. The number of aryl methyl sites for hydroxylation is 1. The van der Waals surface area contributed by atoms with Gasteiger partial charge in [0.15, 0.2) is 5.60 Å². The van der Waals surface area contributed by atoms with Gasteiger partial charge in [0.25, 0.3) is 0 Å². The topological polar surface area (TPSA) is 42.0 Å². The molecule has 0 radical (unpaired) electrons. The van der Waals surface area contributed by atoms with Crippen LogP contribution in [0.5, 0.6) is 11.5 Å². The number of rotatable bonds is 11. The second-order valence-corrected chi connectivity index (χ2v) is 12.6. The van der Waals surface area contributed by atoms with Crippen LogP contribution in [0.25, 0.3) is 0 Å². The lowest BCUT2D eigenvalue weighted by Gasteiger charge is -2.38. The van der Waals surface area contributed by atoms with Crippen molar-refractivity contribution in [3.05, 3.63) is 149 Å². The highest BCUT2D eigenvalue weighted by molar-refractivity contribution is 5.97. The number of anilines is 3. The Hall–Kier alpha value is -5.03. The van der Waals surface area contributed by atoms with Gasteiger partial charge in [-0.25, -0.2) is 4.79 Å². The summed E-state index contributed by atoms with van der Waals surface area (Å²) in [5, 5.41) is 0. The Balaban J connectivity index is 1.41. The number of ether oxygens (including phenoxy) is 2. The second-order valence-electron chi connectivity index (χ2n) is 12.6. The summed E-state index contributed by atoms with van der Waals surface area (Å²) in [6, 6.07) is 39.5. The molecule has 2 aliphatic rings. The summed E-state index contributed by atoms with van der Waals surface area (Å²) in [5.41, 5.74) is 7.51. The molecule has 5 aromatic carbocycles. The van der Waals surface area contributed by atoms with Crippen LogP contribution >= 0.6 is 0 Å². The van der Waals surface area contributed by atoms with Crippen LogP contribution in [-0.2, 0) is 16.9 Å². The molecule has 1 atom stereocenters. The van der Waals surface area contributed by atoms with E-state index in [0.29, 0.717) is 17.9 Å². The van der Waals surface area contributed by atoms with E-state index in [9.17, 15) is 4.79 Å². The fraction of sp³-hybridized carbons (Fsp3) is 0.262. The fourth-order valence-corrected chi connectivity index (χ4v) is 7.04. The van der Waals surface area contributed by atoms with Gasteiger partial charge < -0.3 is 19.3 Å². The number of benzene rings is 5. The number of hydrogen-bond donors (Lipinski definition) is 0. The number of esters is 1. The van der Waals surface area contributed by atoms with E-state index in [1.165, 1.54) is 5.56 Å². The molecule has 5 aromatic rings. The zero-order valence-corrected chi connectivity index (χ0v) is 27.5. The van der Waals surface area contributed by atoms with Crippen LogP contribution in [0, 0.1) is 6.92 Å². The first kappa shape index (κ1) is 30.6. The van der Waals surface area contributed by atoms with Crippen molar-refractivity contribution in [3.63, 3.8) is 0 Å². The van der Waals surface area contributed by atoms with E-state index in [1.54, 1.807) is 0 Å². The van der Waals surface area contributed by atoms with Crippen LogP contribution in [0.1, 0.15) is 77.7 Å². The molecule has 2 aliphatic heterocycles. The van der Waals surface area contributed by atoms with Crippen LogP contribution in [0.15, 0.2) is 115 Å². The third-order valence-electron chi connectivity index (χ3n) is 9.48. The van der Waals surface area contributed by atoms with Gasteiger partial charge in [0.2, 0.25) is 0 Å². The quantitative estimate of drug-likeness (QED) is 0.137. The highest BCUT2D eigenvalue weighted by Gasteiger charge is 2.53. The van der Waals surface area contributed by atoms with Crippen molar-refractivity contribution < 1.29 is 14.3 Å². The lowest BCUT2D eigenvalue weighted by molar-refractivity contribution is 0.0224. The normalized spacial score (nSPS) is 15.8. The summed E-state index contributed by atoms with van der Waals surface area (Å²) in [5.74, 6) is 1.12. The summed E-state index contributed by atoms with van der Waals surface area (Å²) in [6.07, 6.45) is 4.53. The van der Waals surface area contributed by atoms with Crippen molar-refractivity contribution in [2.45, 2.75) is 58.6 Å². The fourth-order valence-electron chi connectivity index (χ4n) is 7.04. The Bertz CT molecular complexity index is 1880. The molecule has 0 fully saturated rings. The number of fused-ring (bicyclic) bond motifs is 6. The second kappa shape index (κ2) is 13.0. The summed E-state index contributed by atoms with van der Waals surface area (Å²) >= 11 is 0. The predicted octanol–water partition coefficient (Wildman–Crippen LogP) is 10.3. The highest BCUT2D eigenvalue weighted by Crippen LogP contribution is 2.57. The molecule has 1 unspecified atom stereocenters. The van der Waals surface area contributed by atoms with Gasteiger partial charge in [-0.1, -0.05) is 93.4 Å². The van der Waals surface area contributed by atoms with Crippen molar-refractivity contribution >= 4 is 23.0 Å². The third-order valence-corrected chi connectivity index (χ3v) is 9.48. The van der Waals surface area contributed by atoms with E-state index in [-0.39, 0.29) is 5.97 Å². The number of unbranched alkanes of at least 4 members (excludes halogenated alkanes) is 2. The van der Waals surface area contributed by atoms with Crippen molar-refractivity contribution in [1.82, 2.24) is 0 Å². The first-order valence-electron chi connectivity index (χ1n) is 16.9. The largest absolute Gasteiger partial charge is 0.456 e. The van der Waals surface area contributed by atoms with Crippen LogP contribution in [0.3, 0.4) is 0 Å². The van der Waals surface area contributed by atoms with Crippen molar-refractivity contribution in [1.29, 1.82) is 0 Å². The lowest BCUT2D eigenvalue weighted by atomic mass is 9.77. The number of carbonyl (C=O) groups is 1. The molecule has 5 nitrogen and oxygen atoms in total. The van der Waals surface area contributed by atoms with Crippen LogP contribution < -0.4 is 14.5 Å². The smallest absolute Gasteiger partial charge is 0.340 e. The molecule has 5 heteroatoms. The van der Waals surface area contributed by atoms with E-state index >= 15 is 0 Å². The minimum Gasteiger partial charge on any atom is -0.456 e. The van der Waals surface area contributed by atoms with Crippen molar-refractivity contribution in [2.24, 2.45) is 0 Å². The van der Waals surface area contributed by atoms with Crippen LogP contribution in [-0.4, -0.2) is 19.1 Å². The molecular formula is C42H42N2O3. The molecule has 0 aromatic heterocycles. The zero-order chi connectivity index (χ0) is 32.4. The van der Waals surface area contributed by atoms with Gasteiger partial charge in [0.1, 0.15) is 11.5 Å². The van der Waals surface area contributed by atoms with Gasteiger partial charge in [0.05, 0.1) is 5.56 Å². The number of carbonyl (C=O) groups excluding carboxylic acids is 1. The van der Waals surface area contributed by atoms with E-state index in [4.69, 9.17) is 9.47 Å². The summed E-state index contributed by atoms with van der Waals surface area (Å²) in [4.78, 5) is 18.4. The Morgan fingerprint density at radius 3 is 2.04 bits per heavy atom. The first-order valence-corrected chi connectivity index (χ1v) is 16.9. The molecule has 0 saturated heterocycles. The number of para-hydroxylation sites is 1. The maximum Gasteiger partial charge on any atom is 0.340 e. The average molecular weight is 623 g/mol. The Morgan fingerprint density at radius 1 is 0.660 bits per heavy atom. The van der Waals surface area contributed by atoms with E-state index in [2.05, 4.69) is 109 Å². The maximum absolute atomic E-state index is 13.6. The SMILES string of the molecule is CCCCN(CCCC)c1ccc2c(c1)Oc1cc(C)c(N(Cc3ccccc3)c3ccccc3)cc1C21OC(=O)c2ccccc21. The number of hydrogen-bond acceptors (Lipinski definition) is 5. The number of nitrogens with zero attached hydrogens (tertiary/aromatic N) is 2. The van der Waals surface area contributed by atoms with Gasteiger partial charge >= 0.3 is 5.97 Å². The van der Waals surface area contributed by atoms with E-state index < -0.39 is 5.60 Å². The molecule has 0 N–H and O–H groups in total. The van der Waals surface area contributed by atoms with Crippen LogP contribution in [0.2, 0.25) is 0 Å². The Kier molecular flexibility index (Phi) is 8.46. The van der Waals surface area contributed by atoms with Crippen molar-refractivity contribution in [2.75, 3.05) is 22.9 Å². The van der Waals surface area contributed by atoms with Crippen molar-refractivity contribution in [3.8, 4) is 11.5 Å². The molecule has 7 rings (SSSR count). The predicted molar refractivity (Wildman–Crippen MR) is 190 cm³/mol. The molecule has 0 aliphatic carbocycles. The average Bonchev–Trinajstić information content (AvgIpc) is 3.40.